The molecular weight excluding hydrogens is 420 g/mol. The lowest BCUT2D eigenvalue weighted by atomic mass is 9.84. The van der Waals surface area contributed by atoms with Crippen LogP contribution in [0, 0.1) is 0 Å². The molecule has 2 fully saturated rings. The molecule has 4 heterocycles. The third-order valence-electron chi connectivity index (χ3n) is 7.75. The molecule has 2 spiro atoms. The maximum Gasteiger partial charge on any atom is 0.339 e. The Bertz CT molecular complexity index is 1040. The average molecular weight is 453 g/mol. The number of hydrogen-bond acceptors (Lipinski definition) is 5. The van der Waals surface area contributed by atoms with Gasteiger partial charge in [0.1, 0.15) is 5.60 Å². The highest BCUT2D eigenvalue weighted by Crippen LogP contribution is 2.46. The summed E-state index contributed by atoms with van der Waals surface area (Å²) in [5.41, 5.74) is 4.19. The van der Waals surface area contributed by atoms with Crippen molar-refractivity contribution < 1.29 is 13.7 Å². The molecule has 0 aromatic heterocycles. The topological polar surface area (TPSA) is 49.9 Å². The molecule has 2 aromatic carbocycles. The first-order valence-corrected chi connectivity index (χ1v) is 12.9. The SMILES string of the molecule is CN1CCC2(CC1)OC(=O)c1ccccc12.CN1CCC2(CC1)c1ccccc1CS2=O. The highest BCUT2D eigenvalue weighted by Gasteiger charge is 2.47. The summed E-state index contributed by atoms with van der Waals surface area (Å²) in [5.74, 6) is 0.611. The van der Waals surface area contributed by atoms with Gasteiger partial charge in [-0.05, 0) is 57.2 Å². The average Bonchev–Trinajstić information content (AvgIpc) is 3.24. The van der Waals surface area contributed by atoms with E-state index < -0.39 is 10.8 Å². The van der Waals surface area contributed by atoms with Gasteiger partial charge in [0, 0.05) is 48.0 Å². The van der Waals surface area contributed by atoms with Gasteiger partial charge in [0.2, 0.25) is 0 Å². The second-order valence-electron chi connectivity index (χ2n) is 9.68. The minimum Gasteiger partial charge on any atom is -0.450 e. The third-order valence-corrected chi connectivity index (χ3v) is 9.82. The summed E-state index contributed by atoms with van der Waals surface area (Å²) in [7, 11) is 3.55. The Morgan fingerprint density at radius 1 is 0.812 bits per heavy atom. The van der Waals surface area contributed by atoms with Crippen LogP contribution in [-0.2, 0) is 31.6 Å². The van der Waals surface area contributed by atoms with E-state index in [1.54, 1.807) is 0 Å². The smallest absolute Gasteiger partial charge is 0.339 e. The van der Waals surface area contributed by atoms with Crippen LogP contribution >= 0.6 is 0 Å². The predicted molar refractivity (Wildman–Crippen MR) is 127 cm³/mol. The number of ether oxygens (including phenoxy) is 1. The molecule has 1 unspecified atom stereocenters. The Balaban J connectivity index is 0.000000135. The van der Waals surface area contributed by atoms with Crippen molar-refractivity contribution in [1.29, 1.82) is 0 Å². The van der Waals surface area contributed by atoms with E-state index in [1.807, 2.05) is 24.3 Å². The van der Waals surface area contributed by atoms with E-state index in [0.29, 0.717) is 0 Å². The van der Waals surface area contributed by atoms with E-state index in [9.17, 15) is 9.00 Å². The van der Waals surface area contributed by atoms with Gasteiger partial charge in [-0.1, -0.05) is 42.5 Å². The number of likely N-dealkylation sites (tertiary alicyclic amines) is 2. The summed E-state index contributed by atoms with van der Waals surface area (Å²) in [6, 6.07) is 16.3. The van der Waals surface area contributed by atoms with Crippen molar-refractivity contribution in [3.8, 4) is 0 Å². The van der Waals surface area contributed by atoms with E-state index in [-0.39, 0.29) is 16.3 Å². The van der Waals surface area contributed by atoms with Gasteiger partial charge in [-0.15, -0.1) is 0 Å². The largest absolute Gasteiger partial charge is 0.450 e. The number of hydrogen-bond donors (Lipinski definition) is 0. The van der Waals surface area contributed by atoms with Gasteiger partial charge < -0.3 is 14.5 Å². The molecule has 2 saturated heterocycles. The number of benzene rings is 2. The van der Waals surface area contributed by atoms with Crippen molar-refractivity contribution in [2.45, 2.75) is 41.8 Å². The van der Waals surface area contributed by atoms with Gasteiger partial charge in [0.25, 0.3) is 0 Å². The molecule has 0 radical (unpaired) electrons. The van der Waals surface area contributed by atoms with Gasteiger partial charge >= 0.3 is 5.97 Å². The second-order valence-corrected chi connectivity index (χ2v) is 11.4. The zero-order valence-corrected chi connectivity index (χ0v) is 19.8. The first kappa shape index (κ1) is 21.8. The minimum absolute atomic E-state index is 0.0247. The Labute approximate surface area is 193 Å². The first-order valence-electron chi connectivity index (χ1n) is 11.6. The normalized spacial score (nSPS) is 25.7. The third kappa shape index (κ3) is 3.62. The minimum atomic E-state index is -0.706. The number of piperidine rings is 2. The number of rotatable bonds is 0. The van der Waals surface area contributed by atoms with Crippen molar-refractivity contribution in [3.05, 3.63) is 70.8 Å². The maximum atomic E-state index is 12.4. The molecule has 4 aliphatic rings. The predicted octanol–water partition coefficient (Wildman–Crippen LogP) is 3.65. The molecule has 170 valence electrons. The molecule has 0 amide bonds. The molecule has 0 bridgehead atoms. The van der Waals surface area contributed by atoms with Crippen LogP contribution in [0.2, 0.25) is 0 Å². The fraction of sp³-hybridized carbons (Fsp3) is 0.500. The van der Waals surface area contributed by atoms with Crippen LogP contribution in [0.5, 0.6) is 0 Å². The van der Waals surface area contributed by atoms with Gasteiger partial charge in [-0.3, -0.25) is 4.21 Å². The lowest BCUT2D eigenvalue weighted by Gasteiger charge is -2.37. The van der Waals surface area contributed by atoms with E-state index in [1.165, 1.54) is 11.1 Å². The fourth-order valence-corrected chi connectivity index (χ4v) is 7.56. The Morgan fingerprint density at radius 3 is 2.06 bits per heavy atom. The number of carbonyl (C=O) groups excluding carboxylic acids is 1. The standard InChI is InChI=1S/C13H15NO2.C13H17NOS/c1-14-8-6-13(7-9-14)11-5-3-2-4-10(11)12(15)16-13;1-14-8-6-13(7-9-14)12-5-3-2-4-11(12)10-16(13)15/h2-5H,6-9H2,1H3;2-5H,6-10H2,1H3. The van der Waals surface area contributed by atoms with Crippen LogP contribution in [0.25, 0.3) is 0 Å². The summed E-state index contributed by atoms with van der Waals surface area (Å²) < 4.78 is 18.0. The maximum absolute atomic E-state index is 12.4. The van der Waals surface area contributed by atoms with Crippen LogP contribution in [0.3, 0.4) is 0 Å². The number of esters is 1. The van der Waals surface area contributed by atoms with Crippen LogP contribution in [0.1, 0.15) is 52.7 Å². The van der Waals surface area contributed by atoms with E-state index in [4.69, 9.17) is 4.74 Å². The van der Waals surface area contributed by atoms with Crippen LogP contribution in [-0.4, -0.2) is 60.3 Å². The quantitative estimate of drug-likeness (QED) is 0.571. The second kappa shape index (κ2) is 8.40. The molecule has 32 heavy (non-hydrogen) atoms. The zero-order valence-electron chi connectivity index (χ0n) is 19.0. The molecule has 6 rings (SSSR count). The van der Waals surface area contributed by atoms with Crippen molar-refractivity contribution in [1.82, 2.24) is 9.80 Å². The molecular formula is C26H32N2O3S. The molecule has 1 atom stereocenters. The Morgan fingerprint density at radius 2 is 1.38 bits per heavy atom. The fourth-order valence-electron chi connectivity index (χ4n) is 5.67. The van der Waals surface area contributed by atoms with Crippen molar-refractivity contribution in [3.63, 3.8) is 0 Å². The highest BCUT2D eigenvalue weighted by molar-refractivity contribution is 7.85. The summed E-state index contributed by atoms with van der Waals surface area (Å²) in [4.78, 5) is 16.4. The molecule has 0 saturated carbocycles. The molecule has 0 N–H and O–H groups in total. The molecule has 2 aromatic rings. The molecule has 5 nitrogen and oxygen atoms in total. The Kier molecular flexibility index (Phi) is 5.72. The molecule has 6 heteroatoms. The van der Waals surface area contributed by atoms with Gasteiger partial charge in [-0.25, -0.2) is 4.79 Å². The number of carbonyl (C=O) groups is 1. The van der Waals surface area contributed by atoms with Crippen molar-refractivity contribution >= 4 is 16.8 Å². The van der Waals surface area contributed by atoms with E-state index >= 15 is 0 Å². The van der Waals surface area contributed by atoms with Crippen LogP contribution in [0.15, 0.2) is 48.5 Å². The first-order chi connectivity index (χ1) is 15.4. The highest BCUT2D eigenvalue weighted by atomic mass is 32.2. The van der Waals surface area contributed by atoms with Crippen LogP contribution < -0.4 is 0 Å². The van der Waals surface area contributed by atoms with Gasteiger partial charge in [-0.2, -0.15) is 0 Å². The van der Waals surface area contributed by atoms with Crippen molar-refractivity contribution in [2.75, 3.05) is 40.3 Å². The lowest BCUT2D eigenvalue weighted by Crippen LogP contribution is -2.41. The summed E-state index contributed by atoms with van der Waals surface area (Å²) in [5, 5.41) is 0. The van der Waals surface area contributed by atoms with Gasteiger partial charge in [0.05, 0.1) is 10.3 Å². The van der Waals surface area contributed by atoms with Crippen LogP contribution in [0.4, 0.5) is 0 Å². The monoisotopic (exact) mass is 452 g/mol. The van der Waals surface area contributed by atoms with E-state index in [2.05, 4.69) is 48.2 Å². The Hall–Kier alpha value is -2.02. The summed E-state index contributed by atoms with van der Waals surface area (Å²) in [6.07, 6.45) is 3.92. The van der Waals surface area contributed by atoms with Crippen molar-refractivity contribution in [2.24, 2.45) is 0 Å². The summed E-state index contributed by atoms with van der Waals surface area (Å²) in [6.45, 7) is 4.11. The van der Waals surface area contributed by atoms with E-state index in [0.717, 1.165) is 68.7 Å². The summed E-state index contributed by atoms with van der Waals surface area (Å²) >= 11 is 0. The zero-order chi connectivity index (χ0) is 22.3. The van der Waals surface area contributed by atoms with Gasteiger partial charge in [0.15, 0.2) is 0 Å². The lowest BCUT2D eigenvalue weighted by molar-refractivity contribution is -0.0394. The molecule has 4 aliphatic heterocycles. The molecule has 0 aliphatic carbocycles. The number of fused-ring (bicyclic) bond motifs is 4. The number of nitrogens with zero attached hydrogens (tertiary/aromatic N) is 2.